The molecule has 1 saturated heterocycles. The Morgan fingerprint density at radius 3 is 3.12 bits per heavy atom. The lowest BCUT2D eigenvalue weighted by Crippen LogP contribution is -2.43. The molecule has 2 N–H and O–H groups in total. The van der Waals surface area contributed by atoms with Crippen molar-refractivity contribution in [2.75, 3.05) is 11.9 Å². The van der Waals surface area contributed by atoms with E-state index >= 15 is 0 Å². The fraction of sp³-hybridized carbons (Fsp3) is 0.455. The number of carbonyl (C=O) groups excluding carboxylic acids is 1. The van der Waals surface area contributed by atoms with Crippen molar-refractivity contribution in [2.24, 2.45) is 0 Å². The summed E-state index contributed by atoms with van der Waals surface area (Å²) >= 11 is 3.35. The van der Waals surface area contributed by atoms with Crippen LogP contribution in [0.5, 0.6) is 0 Å². The molecule has 2 rings (SSSR count). The summed E-state index contributed by atoms with van der Waals surface area (Å²) < 4.78 is 0.805. The molecule has 1 aliphatic heterocycles. The fourth-order valence-corrected chi connectivity index (χ4v) is 2.12. The molecule has 0 radical (unpaired) electrons. The monoisotopic (exact) mass is 283 g/mol. The van der Waals surface area contributed by atoms with Crippen molar-refractivity contribution < 1.29 is 4.79 Å². The highest BCUT2D eigenvalue weighted by atomic mass is 79.9. The summed E-state index contributed by atoms with van der Waals surface area (Å²) in [5.41, 5.74) is 0.771. The van der Waals surface area contributed by atoms with Crippen molar-refractivity contribution in [1.82, 2.24) is 10.3 Å². The molecular formula is C11H14BrN3O. The lowest BCUT2D eigenvalue weighted by molar-refractivity contribution is -0.118. The molecule has 0 unspecified atom stereocenters. The van der Waals surface area contributed by atoms with Gasteiger partial charge in [-0.3, -0.25) is 9.78 Å². The molecule has 0 aliphatic carbocycles. The van der Waals surface area contributed by atoms with Crippen LogP contribution in [0, 0.1) is 0 Å². The summed E-state index contributed by atoms with van der Waals surface area (Å²) in [6, 6.07) is 1.72. The van der Waals surface area contributed by atoms with E-state index in [1.807, 2.05) is 0 Å². The number of rotatable bonds is 2. The molecule has 1 fully saturated rings. The van der Waals surface area contributed by atoms with Crippen molar-refractivity contribution in [3.63, 3.8) is 0 Å². The molecule has 1 aromatic rings. The van der Waals surface area contributed by atoms with E-state index in [0.717, 1.165) is 36.0 Å². The Labute approximate surface area is 103 Å². The highest BCUT2D eigenvalue weighted by molar-refractivity contribution is 9.10. The highest BCUT2D eigenvalue weighted by Crippen LogP contribution is 2.20. The maximum Gasteiger partial charge on any atom is 0.241 e. The molecule has 1 aromatic heterocycles. The van der Waals surface area contributed by atoms with Crippen molar-refractivity contribution in [2.45, 2.75) is 25.3 Å². The average molecular weight is 284 g/mol. The van der Waals surface area contributed by atoms with E-state index in [-0.39, 0.29) is 11.9 Å². The van der Waals surface area contributed by atoms with Gasteiger partial charge >= 0.3 is 0 Å². The summed E-state index contributed by atoms with van der Waals surface area (Å²) in [5, 5.41) is 6.11. The third-order valence-electron chi connectivity index (χ3n) is 2.66. The van der Waals surface area contributed by atoms with E-state index in [1.165, 1.54) is 0 Å². The van der Waals surface area contributed by atoms with Gasteiger partial charge in [-0.1, -0.05) is 6.42 Å². The Balaban J connectivity index is 1.99. The maximum absolute atomic E-state index is 11.9. The molecule has 1 atom stereocenters. The number of aromatic nitrogens is 1. The number of pyridine rings is 1. The first-order valence-electron chi connectivity index (χ1n) is 5.41. The van der Waals surface area contributed by atoms with Gasteiger partial charge in [0.05, 0.1) is 16.2 Å². The van der Waals surface area contributed by atoms with Crippen LogP contribution in [0.3, 0.4) is 0 Å². The standard InChI is InChI=1S/C11H14BrN3O/c12-8-7-13-6-4-9(8)15-11(16)10-3-1-2-5-14-10/h4,6-7,10,14H,1-3,5H2,(H,13,15,16)/t10-/m1/s1. The van der Waals surface area contributed by atoms with Crippen LogP contribution in [0.2, 0.25) is 0 Å². The lowest BCUT2D eigenvalue weighted by Gasteiger charge is -2.22. The van der Waals surface area contributed by atoms with Gasteiger partial charge in [-0.25, -0.2) is 0 Å². The summed E-state index contributed by atoms with van der Waals surface area (Å²) in [6.07, 6.45) is 6.51. The summed E-state index contributed by atoms with van der Waals surface area (Å²) in [5.74, 6) is 0.0339. The Morgan fingerprint density at radius 2 is 2.44 bits per heavy atom. The second-order valence-corrected chi connectivity index (χ2v) is 4.70. The molecule has 1 amide bonds. The summed E-state index contributed by atoms with van der Waals surface area (Å²) in [7, 11) is 0. The zero-order valence-electron chi connectivity index (χ0n) is 8.87. The van der Waals surface area contributed by atoms with Gasteiger partial charge < -0.3 is 10.6 Å². The largest absolute Gasteiger partial charge is 0.324 e. The number of hydrogen-bond acceptors (Lipinski definition) is 3. The second kappa shape index (κ2) is 5.41. The molecule has 16 heavy (non-hydrogen) atoms. The van der Waals surface area contributed by atoms with Crippen molar-refractivity contribution >= 4 is 27.5 Å². The average Bonchev–Trinajstić information content (AvgIpc) is 2.33. The fourth-order valence-electron chi connectivity index (χ4n) is 1.77. The summed E-state index contributed by atoms with van der Waals surface area (Å²) in [4.78, 5) is 15.9. The van der Waals surface area contributed by atoms with E-state index in [2.05, 4.69) is 31.5 Å². The molecule has 86 valence electrons. The predicted molar refractivity (Wildman–Crippen MR) is 66.2 cm³/mol. The quantitative estimate of drug-likeness (QED) is 0.872. The van der Waals surface area contributed by atoms with Gasteiger partial charge in [0, 0.05) is 12.4 Å². The number of halogens is 1. The number of nitrogens with zero attached hydrogens (tertiary/aromatic N) is 1. The first-order valence-corrected chi connectivity index (χ1v) is 6.20. The van der Waals surface area contributed by atoms with E-state index in [1.54, 1.807) is 18.5 Å². The molecule has 0 aromatic carbocycles. The minimum absolute atomic E-state index is 0.0339. The molecule has 0 saturated carbocycles. The Kier molecular flexibility index (Phi) is 3.90. The van der Waals surface area contributed by atoms with E-state index < -0.39 is 0 Å². The van der Waals surface area contributed by atoms with Crippen LogP contribution in [0.25, 0.3) is 0 Å². The second-order valence-electron chi connectivity index (χ2n) is 3.85. The van der Waals surface area contributed by atoms with Crippen LogP contribution in [0.4, 0.5) is 5.69 Å². The highest BCUT2D eigenvalue weighted by Gasteiger charge is 2.20. The predicted octanol–water partition coefficient (Wildman–Crippen LogP) is 1.92. The normalized spacial score (nSPS) is 20.4. The topological polar surface area (TPSA) is 54.0 Å². The number of carbonyl (C=O) groups is 1. The minimum atomic E-state index is -0.0613. The van der Waals surface area contributed by atoms with E-state index in [0.29, 0.717) is 0 Å². The Bertz CT molecular complexity index is 377. The minimum Gasteiger partial charge on any atom is -0.324 e. The molecule has 0 spiro atoms. The van der Waals surface area contributed by atoms with Crippen LogP contribution in [0.1, 0.15) is 19.3 Å². The first-order chi connectivity index (χ1) is 7.77. The Morgan fingerprint density at radius 1 is 1.56 bits per heavy atom. The Hall–Kier alpha value is -0.940. The van der Waals surface area contributed by atoms with Crippen LogP contribution in [0.15, 0.2) is 22.9 Å². The number of piperidine rings is 1. The van der Waals surface area contributed by atoms with Gasteiger partial charge in [0.15, 0.2) is 0 Å². The van der Waals surface area contributed by atoms with E-state index in [4.69, 9.17) is 0 Å². The van der Waals surface area contributed by atoms with Crippen molar-refractivity contribution in [1.29, 1.82) is 0 Å². The smallest absolute Gasteiger partial charge is 0.241 e. The van der Waals surface area contributed by atoms with Gasteiger partial charge in [-0.05, 0) is 41.4 Å². The van der Waals surface area contributed by atoms with Crippen molar-refractivity contribution in [3.05, 3.63) is 22.9 Å². The third-order valence-corrected chi connectivity index (χ3v) is 3.29. The maximum atomic E-state index is 11.9. The van der Waals surface area contributed by atoms with Crippen LogP contribution < -0.4 is 10.6 Å². The van der Waals surface area contributed by atoms with Gasteiger partial charge in [0.25, 0.3) is 0 Å². The third kappa shape index (κ3) is 2.80. The molecule has 1 aliphatic rings. The number of hydrogen-bond donors (Lipinski definition) is 2. The number of nitrogens with one attached hydrogen (secondary N) is 2. The molecule has 2 heterocycles. The van der Waals surface area contributed by atoms with Gasteiger partial charge in [0.1, 0.15) is 0 Å². The number of amides is 1. The molecule has 5 heteroatoms. The summed E-state index contributed by atoms with van der Waals surface area (Å²) in [6.45, 7) is 0.926. The number of anilines is 1. The van der Waals surface area contributed by atoms with Crippen molar-refractivity contribution in [3.8, 4) is 0 Å². The van der Waals surface area contributed by atoms with E-state index in [9.17, 15) is 4.79 Å². The van der Waals surface area contributed by atoms with Gasteiger partial charge in [0.2, 0.25) is 5.91 Å². The molecule has 0 bridgehead atoms. The first kappa shape index (κ1) is 11.5. The van der Waals surface area contributed by atoms with Crippen LogP contribution in [-0.4, -0.2) is 23.5 Å². The lowest BCUT2D eigenvalue weighted by atomic mass is 10.0. The molecule has 4 nitrogen and oxygen atoms in total. The van der Waals surface area contributed by atoms with Crippen LogP contribution >= 0.6 is 15.9 Å². The zero-order valence-corrected chi connectivity index (χ0v) is 10.5. The van der Waals surface area contributed by atoms with Gasteiger partial charge in [-0.15, -0.1) is 0 Å². The van der Waals surface area contributed by atoms with Crippen LogP contribution in [-0.2, 0) is 4.79 Å². The van der Waals surface area contributed by atoms with Gasteiger partial charge in [-0.2, -0.15) is 0 Å². The SMILES string of the molecule is O=C(Nc1ccncc1Br)[C@H]1CCCCN1. The molecular weight excluding hydrogens is 270 g/mol. The zero-order chi connectivity index (χ0) is 11.4.